The van der Waals surface area contributed by atoms with Crippen LogP contribution < -0.4 is 16.0 Å². The van der Waals surface area contributed by atoms with Gasteiger partial charge in [-0.3, -0.25) is 19.6 Å². The molecular weight excluding hydrogens is 539 g/mol. The van der Waals surface area contributed by atoms with E-state index in [4.69, 9.17) is 11.6 Å². The Hall–Kier alpha value is -1.10. The van der Waals surface area contributed by atoms with E-state index in [-0.39, 0.29) is 29.9 Å². The number of piperidine rings is 2. The van der Waals surface area contributed by atoms with Crippen LogP contribution in [0.4, 0.5) is 0 Å². The zero-order valence-corrected chi connectivity index (χ0v) is 22.5. The minimum atomic E-state index is 0. The second-order valence-corrected chi connectivity index (χ2v) is 9.14. The van der Waals surface area contributed by atoms with Crippen molar-refractivity contribution in [2.24, 2.45) is 10.9 Å². The fourth-order valence-corrected chi connectivity index (χ4v) is 5.02. The number of carbonyl (C=O) groups excluding carboxylic acids is 1. The molecule has 2 fully saturated rings. The highest BCUT2D eigenvalue weighted by atomic mass is 127. The molecule has 2 unspecified atom stereocenters. The molecule has 3 N–H and O–H groups in total. The zero-order valence-electron chi connectivity index (χ0n) is 19.4. The summed E-state index contributed by atoms with van der Waals surface area (Å²) in [6.45, 7) is 4.31. The van der Waals surface area contributed by atoms with Crippen LogP contribution >= 0.6 is 35.6 Å². The standard InChI is InChI=1S/C23H37ClN6O.HI/c1-25-21(31)16-30-12-9-20(10-13-30)28-23(26-2)27-15-18-7-5-11-29(3)22(18)17-6-4-8-19(24)14-17;/h4,6,8,14,18,20,22H,5,7,9-13,15-16H2,1-3H3,(H,25,31)(H2,26,27,28);1H. The highest BCUT2D eigenvalue weighted by Gasteiger charge is 2.31. The average Bonchev–Trinajstić information content (AvgIpc) is 2.77. The lowest BCUT2D eigenvalue weighted by Gasteiger charge is -2.40. The van der Waals surface area contributed by atoms with Crippen LogP contribution in [-0.2, 0) is 4.79 Å². The molecule has 0 aliphatic carbocycles. The van der Waals surface area contributed by atoms with Crippen LogP contribution in [0.2, 0.25) is 5.02 Å². The van der Waals surface area contributed by atoms with E-state index in [0.717, 1.165) is 50.0 Å². The summed E-state index contributed by atoms with van der Waals surface area (Å²) in [5.74, 6) is 1.43. The van der Waals surface area contributed by atoms with Crippen molar-refractivity contribution in [1.29, 1.82) is 0 Å². The predicted octanol–water partition coefficient (Wildman–Crippen LogP) is 2.72. The van der Waals surface area contributed by atoms with Crippen molar-refractivity contribution in [3.63, 3.8) is 0 Å². The number of hydrogen-bond acceptors (Lipinski definition) is 4. The number of carbonyl (C=O) groups is 1. The first-order valence-electron chi connectivity index (χ1n) is 11.4. The maximum absolute atomic E-state index is 11.6. The second-order valence-electron chi connectivity index (χ2n) is 8.70. The number of likely N-dealkylation sites (tertiary alicyclic amines) is 2. The molecule has 0 spiro atoms. The number of amides is 1. The first kappa shape index (κ1) is 27.1. The molecule has 180 valence electrons. The van der Waals surface area contributed by atoms with Crippen molar-refractivity contribution in [2.45, 2.75) is 37.8 Å². The molecule has 7 nitrogen and oxygen atoms in total. The number of hydrogen-bond donors (Lipinski definition) is 3. The van der Waals surface area contributed by atoms with Gasteiger partial charge < -0.3 is 16.0 Å². The molecule has 2 heterocycles. The van der Waals surface area contributed by atoms with Crippen LogP contribution in [0.15, 0.2) is 29.3 Å². The molecule has 2 atom stereocenters. The normalized spacial score (nSPS) is 23.3. The summed E-state index contributed by atoms with van der Waals surface area (Å²) < 4.78 is 0. The number of halogens is 2. The van der Waals surface area contributed by atoms with Crippen LogP contribution in [0.1, 0.15) is 37.3 Å². The topological polar surface area (TPSA) is 72.0 Å². The van der Waals surface area contributed by atoms with E-state index in [9.17, 15) is 4.79 Å². The van der Waals surface area contributed by atoms with Crippen molar-refractivity contribution in [3.05, 3.63) is 34.9 Å². The van der Waals surface area contributed by atoms with E-state index in [0.29, 0.717) is 24.5 Å². The quantitative estimate of drug-likeness (QED) is 0.276. The Kier molecular flexibility index (Phi) is 11.5. The molecule has 1 aromatic carbocycles. The van der Waals surface area contributed by atoms with E-state index >= 15 is 0 Å². The van der Waals surface area contributed by atoms with Crippen LogP contribution in [0.5, 0.6) is 0 Å². The van der Waals surface area contributed by atoms with Gasteiger partial charge in [-0.15, -0.1) is 24.0 Å². The largest absolute Gasteiger partial charge is 0.358 e. The van der Waals surface area contributed by atoms with E-state index in [1.807, 2.05) is 19.2 Å². The third-order valence-electron chi connectivity index (χ3n) is 6.53. The summed E-state index contributed by atoms with van der Waals surface area (Å²) in [6, 6.07) is 9.00. The van der Waals surface area contributed by atoms with Gasteiger partial charge >= 0.3 is 0 Å². The smallest absolute Gasteiger partial charge is 0.233 e. The molecule has 9 heteroatoms. The molecule has 0 aromatic heterocycles. The maximum atomic E-state index is 11.6. The highest BCUT2D eigenvalue weighted by Crippen LogP contribution is 2.35. The molecule has 1 aromatic rings. The summed E-state index contributed by atoms with van der Waals surface area (Å²) >= 11 is 6.28. The number of nitrogens with one attached hydrogen (secondary N) is 3. The fraction of sp³-hybridized carbons (Fsp3) is 0.652. The number of benzene rings is 1. The second kappa shape index (κ2) is 13.6. The van der Waals surface area contributed by atoms with Gasteiger partial charge in [-0.25, -0.2) is 0 Å². The van der Waals surface area contributed by atoms with E-state index in [2.05, 4.69) is 49.9 Å². The number of aliphatic imine (C=N–C) groups is 1. The molecule has 32 heavy (non-hydrogen) atoms. The zero-order chi connectivity index (χ0) is 22.2. The van der Waals surface area contributed by atoms with Gasteiger partial charge in [0.05, 0.1) is 6.54 Å². The van der Waals surface area contributed by atoms with Gasteiger partial charge in [-0.05, 0) is 62.9 Å². The SMILES string of the molecule is CN=C(NCC1CCCN(C)C1c1cccc(Cl)c1)NC1CCN(CC(=O)NC)CC1.I. The van der Waals surface area contributed by atoms with Crippen molar-refractivity contribution in [3.8, 4) is 0 Å². The van der Waals surface area contributed by atoms with Gasteiger partial charge in [0.15, 0.2) is 5.96 Å². The minimum Gasteiger partial charge on any atom is -0.358 e. The molecule has 2 aliphatic rings. The third kappa shape index (κ3) is 7.74. The van der Waals surface area contributed by atoms with E-state index in [1.54, 1.807) is 7.05 Å². The van der Waals surface area contributed by atoms with Gasteiger partial charge in [0, 0.05) is 50.8 Å². The molecule has 0 saturated carbocycles. The van der Waals surface area contributed by atoms with Crippen molar-refractivity contribution >= 4 is 47.4 Å². The van der Waals surface area contributed by atoms with E-state index in [1.165, 1.54) is 18.4 Å². The Morgan fingerprint density at radius 2 is 1.97 bits per heavy atom. The summed E-state index contributed by atoms with van der Waals surface area (Å²) in [6.07, 6.45) is 4.41. The molecule has 0 radical (unpaired) electrons. The highest BCUT2D eigenvalue weighted by molar-refractivity contribution is 14.0. The molecule has 3 rings (SSSR count). The predicted molar refractivity (Wildman–Crippen MR) is 143 cm³/mol. The van der Waals surface area contributed by atoms with Gasteiger partial charge in [-0.2, -0.15) is 0 Å². The minimum absolute atomic E-state index is 0. The Morgan fingerprint density at radius 1 is 1.22 bits per heavy atom. The number of nitrogens with zero attached hydrogens (tertiary/aromatic N) is 3. The van der Waals surface area contributed by atoms with Crippen LogP contribution in [0.25, 0.3) is 0 Å². The Balaban J connectivity index is 0.00000363. The van der Waals surface area contributed by atoms with Crippen molar-refractivity contribution < 1.29 is 4.79 Å². The molecule has 0 bridgehead atoms. The van der Waals surface area contributed by atoms with E-state index < -0.39 is 0 Å². The Morgan fingerprint density at radius 3 is 2.62 bits per heavy atom. The fourth-order valence-electron chi connectivity index (χ4n) is 4.82. The van der Waals surface area contributed by atoms with Gasteiger partial charge in [0.2, 0.25) is 5.91 Å². The Bertz CT molecular complexity index is 756. The van der Waals surface area contributed by atoms with Crippen LogP contribution in [-0.4, -0.2) is 81.6 Å². The lowest BCUT2D eigenvalue weighted by molar-refractivity contribution is -0.122. The first-order chi connectivity index (χ1) is 15.0. The monoisotopic (exact) mass is 576 g/mol. The van der Waals surface area contributed by atoms with Crippen LogP contribution in [0.3, 0.4) is 0 Å². The molecule has 1 amide bonds. The third-order valence-corrected chi connectivity index (χ3v) is 6.76. The lowest BCUT2D eigenvalue weighted by Crippen LogP contribution is -2.51. The lowest BCUT2D eigenvalue weighted by atomic mass is 9.85. The first-order valence-corrected chi connectivity index (χ1v) is 11.7. The summed E-state index contributed by atoms with van der Waals surface area (Å²) in [5, 5.41) is 10.7. The van der Waals surface area contributed by atoms with Gasteiger partial charge in [0.1, 0.15) is 0 Å². The molecule has 2 saturated heterocycles. The van der Waals surface area contributed by atoms with Crippen molar-refractivity contribution in [2.75, 3.05) is 53.9 Å². The summed E-state index contributed by atoms with van der Waals surface area (Å²) in [5.41, 5.74) is 1.29. The number of guanidine groups is 1. The molecule has 2 aliphatic heterocycles. The maximum Gasteiger partial charge on any atom is 0.233 e. The number of rotatable bonds is 6. The van der Waals surface area contributed by atoms with Crippen molar-refractivity contribution in [1.82, 2.24) is 25.8 Å². The van der Waals surface area contributed by atoms with Gasteiger partial charge in [0.25, 0.3) is 0 Å². The average molecular weight is 577 g/mol. The van der Waals surface area contributed by atoms with Crippen LogP contribution in [0, 0.1) is 5.92 Å². The number of likely N-dealkylation sites (N-methyl/N-ethyl adjacent to an activating group) is 1. The van der Waals surface area contributed by atoms with Gasteiger partial charge in [-0.1, -0.05) is 23.7 Å². The Labute approximate surface area is 214 Å². The summed E-state index contributed by atoms with van der Waals surface area (Å²) in [7, 11) is 5.72. The molecular formula is C23H38ClIN6O. The summed E-state index contributed by atoms with van der Waals surface area (Å²) in [4.78, 5) is 20.7.